The number of carbonyl (C=O) groups is 2. The minimum atomic E-state index is -1.83. The highest BCUT2D eigenvalue weighted by Crippen LogP contribution is 2.75. The molecule has 1 saturated heterocycles. The van der Waals surface area contributed by atoms with E-state index in [9.17, 15) is 50.4 Å². The number of ether oxygens (including phenoxy) is 2. The van der Waals surface area contributed by atoms with Gasteiger partial charge in [-0.3, -0.25) is 4.79 Å². The Kier molecular flexibility index (Phi) is 9.02. The number of fused-ring (bicyclic) bond motifs is 7. The molecule has 0 spiro atoms. The molecule has 5 aliphatic carbocycles. The lowest BCUT2D eigenvalue weighted by molar-refractivity contribution is -0.300. The molecule has 0 amide bonds. The summed E-state index contributed by atoms with van der Waals surface area (Å²) in [6.45, 7) is 8.36. The van der Waals surface area contributed by atoms with Gasteiger partial charge in [-0.1, -0.05) is 39.3 Å². The Labute approximate surface area is 282 Å². The summed E-state index contributed by atoms with van der Waals surface area (Å²) in [4.78, 5) is 24.8. The first-order chi connectivity index (χ1) is 22.4. The molecule has 1 aliphatic heterocycles. The molecular formula is C36H56O12. The average molecular weight is 681 g/mol. The van der Waals surface area contributed by atoms with E-state index in [0.717, 1.165) is 31.3 Å². The van der Waals surface area contributed by atoms with Crippen LogP contribution < -0.4 is 0 Å². The number of aliphatic carboxylic acids is 2. The third kappa shape index (κ3) is 4.83. The first-order valence-electron chi connectivity index (χ1n) is 17.8. The van der Waals surface area contributed by atoms with Crippen LogP contribution in [0.2, 0.25) is 0 Å². The summed E-state index contributed by atoms with van der Waals surface area (Å²) in [5.41, 5.74) is -2.40. The Morgan fingerprint density at radius 2 is 1.54 bits per heavy atom. The van der Waals surface area contributed by atoms with Crippen molar-refractivity contribution in [2.75, 3.05) is 19.8 Å². The second-order valence-electron chi connectivity index (χ2n) is 17.5. The van der Waals surface area contributed by atoms with Crippen molar-refractivity contribution in [3.63, 3.8) is 0 Å². The van der Waals surface area contributed by atoms with E-state index >= 15 is 0 Å². The van der Waals surface area contributed by atoms with Crippen LogP contribution in [0.3, 0.4) is 0 Å². The van der Waals surface area contributed by atoms with E-state index in [2.05, 4.69) is 19.9 Å². The standard InChI is InChI=1S/C36H56O12/c1-31(18-47-29-26(42)24(40)25(41)27(48-29)28(43)44)11-12-35(30(45)46)13-14-36(17-38)19(20(35)15-31)5-6-22-32(2)9-8-23(39)33(3,16-37)21(32)7-10-34(22,36)4/h5,20-27,29,37-42H,6-18H2,1-4H3,(H,43,44)(H,45,46)/t20-,21+,22+,23?,24-,25-,26+,27-,29+,31+,32-,33-,34+,35-,36-/m0/s1. The number of allylic oxidation sites excluding steroid dienone is 1. The summed E-state index contributed by atoms with van der Waals surface area (Å²) in [7, 11) is 0. The maximum atomic E-state index is 13.2. The lowest BCUT2D eigenvalue weighted by Crippen LogP contribution is -2.67. The van der Waals surface area contributed by atoms with E-state index in [-0.39, 0.29) is 42.5 Å². The number of carboxylic acid groups (broad SMARTS) is 2. The molecule has 6 rings (SSSR count). The number of aliphatic hydroxyl groups is 6. The van der Waals surface area contributed by atoms with Gasteiger partial charge in [-0.15, -0.1) is 0 Å². The quantitative estimate of drug-likeness (QED) is 0.182. The van der Waals surface area contributed by atoms with Crippen LogP contribution in [0.25, 0.3) is 0 Å². The number of rotatable bonds is 7. The zero-order valence-corrected chi connectivity index (χ0v) is 28.7. The van der Waals surface area contributed by atoms with Crippen molar-refractivity contribution in [3.05, 3.63) is 11.6 Å². The summed E-state index contributed by atoms with van der Waals surface area (Å²) in [6.07, 6.45) is -0.926. The molecule has 5 fully saturated rings. The molecule has 1 unspecified atom stereocenters. The molecule has 0 bridgehead atoms. The summed E-state index contributed by atoms with van der Waals surface area (Å²) in [5.74, 6) is -2.46. The molecule has 12 heteroatoms. The second kappa shape index (κ2) is 12.0. The predicted octanol–water partition coefficient (Wildman–Crippen LogP) is 2.07. The van der Waals surface area contributed by atoms with Gasteiger partial charge in [0.25, 0.3) is 0 Å². The normalized spacial score (nSPS) is 53.4. The van der Waals surface area contributed by atoms with Crippen LogP contribution >= 0.6 is 0 Å². The molecule has 0 aromatic carbocycles. The van der Waals surface area contributed by atoms with Crippen molar-refractivity contribution in [3.8, 4) is 0 Å². The molecule has 8 N–H and O–H groups in total. The molecule has 6 aliphatic rings. The fourth-order valence-electron chi connectivity index (χ4n) is 12.3. The van der Waals surface area contributed by atoms with E-state index in [0.29, 0.717) is 38.5 Å². The van der Waals surface area contributed by atoms with E-state index in [1.807, 2.05) is 13.8 Å². The Hall–Kier alpha value is -1.64. The average Bonchev–Trinajstić information content (AvgIpc) is 3.04. The highest BCUT2D eigenvalue weighted by molar-refractivity contribution is 5.76. The van der Waals surface area contributed by atoms with Crippen LogP contribution in [-0.2, 0) is 19.1 Å². The molecule has 4 saturated carbocycles. The van der Waals surface area contributed by atoms with Crippen molar-refractivity contribution >= 4 is 11.9 Å². The molecule has 272 valence electrons. The number of aliphatic hydroxyl groups excluding tert-OH is 6. The highest BCUT2D eigenvalue weighted by atomic mass is 16.7. The maximum Gasteiger partial charge on any atom is 0.335 e. The molecule has 12 nitrogen and oxygen atoms in total. The predicted molar refractivity (Wildman–Crippen MR) is 170 cm³/mol. The summed E-state index contributed by atoms with van der Waals surface area (Å²) in [5, 5.41) is 84.3. The highest BCUT2D eigenvalue weighted by Gasteiger charge is 2.71. The lowest BCUT2D eigenvalue weighted by atomic mass is 9.33. The second-order valence-corrected chi connectivity index (χ2v) is 17.5. The summed E-state index contributed by atoms with van der Waals surface area (Å²) >= 11 is 0. The molecule has 48 heavy (non-hydrogen) atoms. The lowest BCUT2D eigenvalue weighted by Gasteiger charge is -2.71. The summed E-state index contributed by atoms with van der Waals surface area (Å²) in [6, 6.07) is 0. The molecular weight excluding hydrogens is 624 g/mol. The van der Waals surface area contributed by atoms with Gasteiger partial charge >= 0.3 is 11.9 Å². The van der Waals surface area contributed by atoms with Crippen LogP contribution in [0.1, 0.15) is 91.9 Å². The van der Waals surface area contributed by atoms with Gasteiger partial charge in [0.15, 0.2) is 12.4 Å². The van der Waals surface area contributed by atoms with Gasteiger partial charge in [-0.05, 0) is 98.2 Å². The van der Waals surface area contributed by atoms with E-state index < -0.39 is 76.3 Å². The topological polar surface area (TPSA) is 214 Å². The van der Waals surface area contributed by atoms with Crippen LogP contribution in [-0.4, -0.2) is 109 Å². The SMILES string of the molecule is C[C@@]1(CO[C@@H]2O[C@H](C(=O)O)[C@@H](O)[C@H](O)[C@H]2O)CC[C@]2(C(=O)O)CC[C@]3(CO)C(=CC[C@@H]4[C@@]5(C)CCC(O)[C@@](C)(CO)[C@@H]5CC[C@]43C)[C@@H]2C1. The van der Waals surface area contributed by atoms with E-state index in [1.54, 1.807) is 0 Å². The fraction of sp³-hybridized carbons (Fsp3) is 0.889. The Morgan fingerprint density at radius 3 is 2.17 bits per heavy atom. The number of carboxylic acids is 2. The number of hydrogen-bond acceptors (Lipinski definition) is 10. The van der Waals surface area contributed by atoms with E-state index in [1.165, 1.54) is 0 Å². The molecule has 1 heterocycles. The van der Waals surface area contributed by atoms with Crippen molar-refractivity contribution in [2.45, 2.75) is 129 Å². The third-order valence-electron chi connectivity index (χ3n) is 15.4. The van der Waals surface area contributed by atoms with Crippen molar-refractivity contribution in [1.29, 1.82) is 0 Å². The molecule has 15 atom stereocenters. The summed E-state index contributed by atoms with van der Waals surface area (Å²) < 4.78 is 11.3. The van der Waals surface area contributed by atoms with Crippen LogP contribution in [0.5, 0.6) is 0 Å². The van der Waals surface area contributed by atoms with Crippen LogP contribution in [0.15, 0.2) is 11.6 Å². The Bertz CT molecular complexity index is 1320. The minimum absolute atomic E-state index is 0.00278. The van der Waals surface area contributed by atoms with E-state index in [4.69, 9.17) is 9.47 Å². The van der Waals surface area contributed by atoms with Crippen molar-refractivity contribution in [2.24, 2.45) is 50.2 Å². The largest absolute Gasteiger partial charge is 0.481 e. The van der Waals surface area contributed by atoms with Gasteiger partial charge in [-0.2, -0.15) is 0 Å². The fourth-order valence-corrected chi connectivity index (χ4v) is 12.3. The molecule has 0 radical (unpaired) electrons. The van der Waals surface area contributed by atoms with Crippen LogP contribution in [0.4, 0.5) is 0 Å². The smallest absolute Gasteiger partial charge is 0.335 e. The zero-order chi connectivity index (χ0) is 35.2. The zero-order valence-electron chi connectivity index (χ0n) is 28.7. The maximum absolute atomic E-state index is 13.2. The van der Waals surface area contributed by atoms with Gasteiger partial charge in [-0.25, -0.2) is 4.79 Å². The van der Waals surface area contributed by atoms with Gasteiger partial charge in [0.05, 0.1) is 31.3 Å². The van der Waals surface area contributed by atoms with Gasteiger partial charge in [0, 0.05) is 10.8 Å². The first kappa shape index (κ1) is 36.2. The minimum Gasteiger partial charge on any atom is -0.481 e. The van der Waals surface area contributed by atoms with Crippen molar-refractivity contribution in [1.82, 2.24) is 0 Å². The molecule has 0 aromatic rings. The third-order valence-corrected chi connectivity index (χ3v) is 15.4. The van der Waals surface area contributed by atoms with Crippen molar-refractivity contribution < 1.29 is 59.9 Å². The monoisotopic (exact) mass is 680 g/mol. The van der Waals surface area contributed by atoms with Gasteiger partial charge in [0.2, 0.25) is 0 Å². The molecule has 0 aromatic heterocycles. The van der Waals surface area contributed by atoms with Crippen LogP contribution in [0, 0.1) is 50.2 Å². The first-order valence-corrected chi connectivity index (χ1v) is 17.8. The number of hydrogen-bond donors (Lipinski definition) is 8. The Balaban J connectivity index is 1.32. The van der Waals surface area contributed by atoms with Gasteiger partial charge in [0.1, 0.15) is 18.3 Å². The Morgan fingerprint density at radius 1 is 0.854 bits per heavy atom. The van der Waals surface area contributed by atoms with Gasteiger partial charge < -0.3 is 50.3 Å².